The smallest absolute Gasteiger partial charge is 0.319 e. The number of hydrogen-bond donors (Lipinski definition) is 2. The highest BCUT2D eigenvalue weighted by molar-refractivity contribution is 5.90. The quantitative estimate of drug-likeness (QED) is 0.718. The van der Waals surface area contributed by atoms with Crippen molar-refractivity contribution in [2.75, 3.05) is 18.9 Å². The van der Waals surface area contributed by atoms with E-state index in [9.17, 15) is 4.79 Å². The first-order chi connectivity index (χ1) is 14.1. The zero-order chi connectivity index (χ0) is 20.2. The van der Waals surface area contributed by atoms with E-state index in [1.807, 2.05) is 31.4 Å². The molecule has 4 rings (SSSR count). The van der Waals surface area contributed by atoms with Gasteiger partial charge < -0.3 is 15.5 Å². The third-order valence-electron chi connectivity index (χ3n) is 5.24. The molecular formula is C22H26N6O. The Hall–Kier alpha value is -3.19. The van der Waals surface area contributed by atoms with E-state index in [-0.39, 0.29) is 12.1 Å². The lowest BCUT2D eigenvalue weighted by molar-refractivity contribution is 0.250. The van der Waals surface area contributed by atoms with Crippen LogP contribution in [0.25, 0.3) is 0 Å². The fraction of sp³-hybridized carbons (Fsp3) is 0.318. The fourth-order valence-electron chi connectivity index (χ4n) is 3.80. The summed E-state index contributed by atoms with van der Waals surface area (Å²) in [5.74, 6) is 0. The summed E-state index contributed by atoms with van der Waals surface area (Å²) in [4.78, 5) is 19.3. The summed E-state index contributed by atoms with van der Waals surface area (Å²) in [6.07, 6.45) is 9.38. The van der Waals surface area contributed by atoms with Crippen molar-refractivity contribution in [2.45, 2.75) is 25.4 Å². The second-order valence-corrected chi connectivity index (χ2v) is 7.59. The van der Waals surface area contributed by atoms with E-state index in [1.165, 1.54) is 11.1 Å². The van der Waals surface area contributed by atoms with E-state index in [2.05, 4.69) is 44.8 Å². The van der Waals surface area contributed by atoms with Crippen LogP contribution in [0.15, 0.2) is 55.1 Å². The second-order valence-electron chi connectivity index (χ2n) is 7.59. The van der Waals surface area contributed by atoms with Gasteiger partial charge in [0.15, 0.2) is 0 Å². The van der Waals surface area contributed by atoms with Crippen LogP contribution in [0.4, 0.5) is 10.5 Å². The number of carbonyl (C=O) groups is 1. The highest BCUT2D eigenvalue weighted by Gasteiger charge is 2.19. The first-order valence-corrected chi connectivity index (χ1v) is 9.85. The van der Waals surface area contributed by atoms with Gasteiger partial charge in [0, 0.05) is 43.4 Å². The highest BCUT2D eigenvalue weighted by Crippen LogP contribution is 2.23. The Balaban J connectivity index is 1.51. The maximum atomic E-state index is 12.8. The lowest BCUT2D eigenvalue weighted by Gasteiger charge is -2.19. The van der Waals surface area contributed by atoms with Crippen LogP contribution in [0.1, 0.15) is 34.7 Å². The average Bonchev–Trinajstić information content (AvgIpc) is 3.05. The lowest BCUT2D eigenvalue weighted by atomic mass is 10.0. The number of fused-ring (bicyclic) bond motifs is 1. The number of carbonyl (C=O) groups excluding carboxylic acids is 1. The molecule has 150 valence electrons. The van der Waals surface area contributed by atoms with E-state index in [0.717, 1.165) is 42.7 Å². The van der Waals surface area contributed by atoms with Crippen molar-refractivity contribution >= 4 is 11.7 Å². The molecule has 0 aliphatic carbocycles. The molecule has 0 spiro atoms. The molecule has 1 aliphatic heterocycles. The van der Waals surface area contributed by atoms with Crippen LogP contribution in [0.5, 0.6) is 0 Å². The molecule has 2 amide bonds. The number of anilines is 1. The molecule has 1 aliphatic rings. The van der Waals surface area contributed by atoms with Crippen LogP contribution in [-0.4, -0.2) is 39.3 Å². The molecule has 2 aromatic heterocycles. The largest absolute Gasteiger partial charge is 0.327 e. The van der Waals surface area contributed by atoms with Crippen LogP contribution in [0.3, 0.4) is 0 Å². The average molecular weight is 390 g/mol. The Morgan fingerprint density at radius 1 is 1.14 bits per heavy atom. The van der Waals surface area contributed by atoms with Crippen molar-refractivity contribution in [3.05, 3.63) is 77.4 Å². The van der Waals surface area contributed by atoms with Gasteiger partial charge in [0.25, 0.3) is 0 Å². The Labute approximate surface area is 170 Å². The number of benzene rings is 1. The monoisotopic (exact) mass is 390 g/mol. The molecule has 1 aromatic carbocycles. The van der Waals surface area contributed by atoms with Crippen LogP contribution >= 0.6 is 0 Å². The molecule has 1 atom stereocenters. The molecular weight excluding hydrogens is 364 g/mol. The molecule has 2 N–H and O–H groups in total. The number of aryl methyl sites for hydroxylation is 2. The van der Waals surface area contributed by atoms with E-state index in [0.29, 0.717) is 0 Å². The molecule has 29 heavy (non-hydrogen) atoms. The molecule has 0 saturated heterocycles. The summed E-state index contributed by atoms with van der Waals surface area (Å²) < 4.78 is 1.72. The zero-order valence-corrected chi connectivity index (χ0v) is 16.8. The third kappa shape index (κ3) is 4.63. The molecule has 1 unspecified atom stereocenters. The molecule has 7 nitrogen and oxygen atoms in total. The fourth-order valence-corrected chi connectivity index (χ4v) is 3.80. The highest BCUT2D eigenvalue weighted by atomic mass is 16.2. The molecule has 0 fully saturated rings. The van der Waals surface area contributed by atoms with Crippen molar-refractivity contribution in [3.8, 4) is 0 Å². The molecule has 7 heteroatoms. The molecule has 0 saturated carbocycles. The molecule has 3 heterocycles. The van der Waals surface area contributed by atoms with Gasteiger partial charge in [-0.1, -0.05) is 12.1 Å². The van der Waals surface area contributed by atoms with E-state index in [4.69, 9.17) is 0 Å². The summed E-state index contributed by atoms with van der Waals surface area (Å²) >= 11 is 0. The number of hydrogen-bond acceptors (Lipinski definition) is 4. The Bertz CT molecular complexity index is 984. The van der Waals surface area contributed by atoms with E-state index >= 15 is 0 Å². The summed E-state index contributed by atoms with van der Waals surface area (Å²) in [6.45, 7) is 2.00. The number of rotatable bonds is 4. The van der Waals surface area contributed by atoms with Crippen LogP contribution in [-0.2, 0) is 20.0 Å². The number of nitrogens with one attached hydrogen (secondary N) is 2. The Morgan fingerprint density at radius 2 is 2.03 bits per heavy atom. The summed E-state index contributed by atoms with van der Waals surface area (Å²) in [5, 5.41) is 10.3. The predicted octanol–water partition coefficient (Wildman–Crippen LogP) is 3.10. The van der Waals surface area contributed by atoms with Crippen molar-refractivity contribution in [1.82, 2.24) is 25.0 Å². The predicted molar refractivity (Wildman–Crippen MR) is 113 cm³/mol. The van der Waals surface area contributed by atoms with Crippen molar-refractivity contribution in [3.63, 3.8) is 0 Å². The molecule has 0 radical (unpaired) electrons. The van der Waals surface area contributed by atoms with Crippen molar-refractivity contribution in [2.24, 2.45) is 7.05 Å². The standard InChI is InChI=1S/C22H26N6O/c1-27-10-4-6-16-7-8-20(11-18(16)14-27)25-22(29)26-21(17-5-3-9-23-12-17)19-13-24-28(2)15-19/h3,5,7-9,11-13,15,21H,4,6,10,14H2,1-2H3,(H2,25,26,29). The van der Waals surface area contributed by atoms with Gasteiger partial charge in [-0.2, -0.15) is 5.10 Å². The van der Waals surface area contributed by atoms with Gasteiger partial charge in [-0.15, -0.1) is 0 Å². The first-order valence-electron chi connectivity index (χ1n) is 9.85. The normalized spacial score (nSPS) is 15.2. The lowest BCUT2D eigenvalue weighted by Crippen LogP contribution is -2.33. The van der Waals surface area contributed by atoms with Crippen LogP contribution < -0.4 is 10.6 Å². The third-order valence-corrected chi connectivity index (χ3v) is 5.24. The number of amides is 2. The maximum Gasteiger partial charge on any atom is 0.319 e. The van der Waals surface area contributed by atoms with Gasteiger partial charge in [0.2, 0.25) is 0 Å². The molecule has 3 aromatic rings. The van der Waals surface area contributed by atoms with E-state index in [1.54, 1.807) is 23.3 Å². The van der Waals surface area contributed by atoms with Gasteiger partial charge in [0.1, 0.15) is 0 Å². The van der Waals surface area contributed by atoms with Crippen LogP contribution in [0.2, 0.25) is 0 Å². The number of pyridine rings is 1. The minimum absolute atomic E-state index is 0.260. The van der Waals surface area contributed by atoms with Crippen molar-refractivity contribution < 1.29 is 4.79 Å². The Kier molecular flexibility index (Phi) is 5.57. The first kappa shape index (κ1) is 19.1. The SMILES string of the molecule is CN1CCCc2ccc(NC(=O)NC(c3cccnc3)c3cnn(C)c3)cc2C1. The second kappa shape index (κ2) is 8.45. The summed E-state index contributed by atoms with van der Waals surface area (Å²) in [5.41, 5.74) is 5.24. The zero-order valence-electron chi connectivity index (χ0n) is 16.8. The van der Waals surface area contributed by atoms with Gasteiger partial charge in [-0.05, 0) is 61.3 Å². The van der Waals surface area contributed by atoms with Gasteiger partial charge in [-0.25, -0.2) is 4.79 Å². The topological polar surface area (TPSA) is 75.1 Å². The van der Waals surface area contributed by atoms with Gasteiger partial charge in [-0.3, -0.25) is 9.67 Å². The molecule has 0 bridgehead atoms. The Morgan fingerprint density at radius 3 is 2.79 bits per heavy atom. The minimum Gasteiger partial charge on any atom is -0.327 e. The van der Waals surface area contributed by atoms with Crippen LogP contribution in [0, 0.1) is 0 Å². The maximum absolute atomic E-state index is 12.8. The number of nitrogens with zero attached hydrogens (tertiary/aromatic N) is 4. The van der Waals surface area contributed by atoms with E-state index < -0.39 is 0 Å². The van der Waals surface area contributed by atoms with Crippen molar-refractivity contribution in [1.29, 1.82) is 0 Å². The number of aromatic nitrogens is 3. The van der Waals surface area contributed by atoms with Gasteiger partial charge >= 0.3 is 6.03 Å². The summed E-state index contributed by atoms with van der Waals surface area (Å²) in [6, 6.07) is 9.41. The van der Waals surface area contributed by atoms with Gasteiger partial charge in [0.05, 0.1) is 12.2 Å². The number of urea groups is 1. The minimum atomic E-state index is -0.329. The summed E-state index contributed by atoms with van der Waals surface area (Å²) in [7, 11) is 3.99.